The lowest BCUT2D eigenvalue weighted by Crippen LogP contribution is -2.01. The van der Waals surface area contributed by atoms with E-state index in [9.17, 15) is 0 Å². The SMILES string of the molecule is CCc1nc2c(I)c(C)nn2c(Cl)c1C. The highest BCUT2D eigenvalue weighted by molar-refractivity contribution is 14.1. The number of hydrogen-bond donors (Lipinski definition) is 0. The van der Waals surface area contributed by atoms with Crippen molar-refractivity contribution < 1.29 is 0 Å². The van der Waals surface area contributed by atoms with Gasteiger partial charge in [0.2, 0.25) is 0 Å². The Labute approximate surface area is 107 Å². The fourth-order valence-electron chi connectivity index (χ4n) is 1.56. The molecule has 0 unspecified atom stereocenters. The van der Waals surface area contributed by atoms with Crippen molar-refractivity contribution in [1.29, 1.82) is 0 Å². The minimum absolute atomic E-state index is 0.669. The van der Waals surface area contributed by atoms with Crippen molar-refractivity contribution in [3.05, 3.63) is 25.7 Å². The summed E-state index contributed by atoms with van der Waals surface area (Å²) in [6, 6.07) is 0. The molecule has 0 bridgehead atoms. The summed E-state index contributed by atoms with van der Waals surface area (Å²) in [4.78, 5) is 4.58. The van der Waals surface area contributed by atoms with Crippen LogP contribution in [0.3, 0.4) is 0 Å². The molecule has 0 fully saturated rings. The monoisotopic (exact) mass is 335 g/mol. The van der Waals surface area contributed by atoms with E-state index in [1.54, 1.807) is 4.52 Å². The number of aromatic nitrogens is 3. The Morgan fingerprint density at radius 2 is 2.07 bits per heavy atom. The van der Waals surface area contributed by atoms with Gasteiger partial charge in [0.1, 0.15) is 5.15 Å². The highest BCUT2D eigenvalue weighted by Crippen LogP contribution is 2.24. The van der Waals surface area contributed by atoms with E-state index in [0.29, 0.717) is 5.15 Å². The third-order valence-electron chi connectivity index (χ3n) is 2.47. The van der Waals surface area contributed by atoms with Crippen LogP contribution in [0.1, 0.15) is 23.9 Å². The van der Waals surface area contributed by atoms with Gasteiger partial charge < -0.3 is 0 Å². The number of nitrogens with zero attached hydrogens (tertiary/aromatic N) is 3. The van der Waals surface area contributed by atoms with Crippen molar-refractivity contribution in [1.82, 2.24) is 14.6 Å². The van der Waals surface area contributed by atoms with E-state index in [4.69, 9.17) is 11.6 Å². The summed E-state index contributed by atoms with van der Waals surface area (Å²) < 4.78 is 2.79. The Hall–Kier alpha value is -0.360. The minimum atomic E-state index is 0.669. The maximum atomic E-state index is 6.25. The molecule has 15 heavy (non-hydrogen) atoms. The van der Waals surface area contributed by atoms with Crippen LogP contribution in [0.4, 0.5) is 0 Å². The second-order valence-electron chi connectivity index (χ2n) is 3.46. The van der Waals surface area contributed by atoms with Gasteiger partial charge in [-0.3, -0.25) is 0 Å². The molecule has 5 heteroatoms. The van der Waals surface area contributed by atoms with E-state index in [-0.39, 0.29) is 0 Å². The fourth-order valence-corrected chi connectivity index (χ4v) is 2.25. The first-order valence-corrected chi connectivity index (χ1v) is 6.21. The van der Waals surface area contributed by atoms with Crippen LogP contribution >= 0.6 is 34.2 Å². The minimum Gasteiger partial charge on any atom is -0.232 e. The van der Waals surface area contributed by atoms with Gasteiger partial charge in [-0.1, -0.05) is 18.5 Å². The quantitative estimate of drug-likeness (QED) is 0.592. The van der Waals surface area contributed by atoms with Gasteiger partial charge in [0.25, 0.3) is 0 Å². The van der Waals surface area contributed by atoms with E-state index in [1.807, 2.05) is 13.8 Å². The van der Waals surface area contributed by atoms with Gasteiger partial charge in [0.05, 0.1) is 9.26 Å². The molecule has 0 aliphatic heterocycles. The van der Waals surface area contributed by atoms with Crippen molar-refractivity contribution in [2.24, 2.45) is 0 Å². The Kier molecular flexibility index (Phi) is 2.89. The van der Waals surface area contributed by atoms with Crippen LogP contribution in [-0.4, -0.2) is 14.6 Å². The van der Waals surface area contributed by atoms with Crippen LogP contribution in [-0.2, 0) is 6.42 Å². The van der Waals surface area contributed by atoms with Crippen molar-refractivity contribution in [3.63, 3.8) is 0 Å². The highest BCUT2D eigenvalue weighted by atomic mass is 127. The van der Waals surface area contributed by atoms with Gasteiger partial charge in [-0.2, -0.15) is 5.10 Å². The van der Waals surface area contributed by atoms with E-state index in [1.165, 1.54) is 0 Å². The predicted molar refractivity (Wildman–Crippen MR) is 69.6 cm³/mol. The topological polar surface area (TPSA) is 30.2 Å². The smallest absolute Gasteiger partial charge is 0.170 e. The van der Waals surface area contributed by atoms with Crippen molar-refractivity contribution in [2.45, 2.75) is 27.2 Å². The molecule has 3 nitrogen and oxygen atoms in total. The van der Waals surface area contributed by atoms with E-state index < -0.39 is 0 Å². The molecule has 2 aromatic heterocycles. The molecule has 0 radical (unpaired) electrons. The third kappa shape index (κ3) is 1.63. The normalized spacial score (nSPS) is 11.3. The molecule has 2 aromatic rings. The first-order chi connectivity index (χ1) is 7.06. The molecule has 2 rings (SSSR count). The second-order valence-corrected chi connectivity index (χ2v) is 4.90. The predicted octanol–water partition coefficient (Wildman–Crippen LogP) is 3.17. The molecule has 0 spiro atoms. The Morgan fingerprint density at radius 3 is 2.67 bits per heavy atom. The first kappa shape index (κ1) is 11.1. The zero-order valence-electron chi connectivity index (χ0n) is 8.80. The molecule has 0 atom stereocenters. The van der Waals surface area contributed by atoms with Gasteiger partial charge in [-0.25, -0.2) is 9.50 Å². The number of aryl methyl sites for hydroxylation is 2. The molecular weight excluding hydrogens is 324 g/mol. The largest absolute Gasteiger partial charge is 0.232 e. The van der Waals surface area contributed by atoms with Crippen molar-refractivity contribution >= 4 is 39.8 Å². The van der Waals surface area contributed by atoms with Crippen LogP contribution < -0.4 is 0 Å². The van der Waals surface area contributed by atoms with Gasteiger partial charge in [0, 0.05) is 11.3 Å². The standard InChI is InChI=1S/C10H11ClIN3/c1-4-7-5(2)9(11)15-10(13-7)8(12)6(3)14-15/h4H2,1-3H3. The van der Waals surface area contributed by atoms with Crippen molar-refractivity contribution in [2.75, 3.05) is 0 Å². The molecule has 80 valence electrons. The van der Waals surface area contributed by atoms with Crippen molar-refractivity contribution in [3.8, 4) is 0 Å². The zero-order chi connectivity index (χ0) is 11.2. The summed E-state index contributed by atoms with van der Waals surface area (Å²) in [7, 11) is 0. The lowest BCUT2D eigenvalue weighted by molar-refractivity contribution is 0.882. The van der Waals surface area contributed by atoms with Gasteiger partial charge in [0.15, 0.2) is 5.65 Å². The summed E-state index contributed by atoms with van der Waals surface area (Å²) in [5.41, 5.74) is 3.90. The van der Waals surface area contributed by atoms with Gasteiger partial charge in [-0.05, 0) is 42.9 Å². The molecular formula is C10H11ClIN3. The van der Waals surface area contributed by atoms with E-state index in [2.05, 4.69) is 39.6 Å². The summed E-state index contributed by atoms with van der Waals surface area (Å²) in [6.07, 6.45) is 0.891. The van der Waals surface area contributed by atoms with Crippen LogP contribution in [0.2, 0.25) is 5.15 Å². The second kappa shape index (κ2) is 3.90. The third-order valence-corrected chi connectivity index (χ3v) is 4.18. The molecule has 0 aliphatic carbocycles. The highest BCUT2D eigenvalue weighted by Gasteiger charge is 2.14. The average molecular weight is 336 g/mol. The lowest BCUT2D eigenvalue weighted by atomic mass is 10.2. The Balaban J connectivity index is 2.90. The van der Waals surface area contributed by atoms with Crippen LogP contribution in [0.25, 0.3) is 5.65 Å². The van der Waals surface area contributed by atoms with E-state index in [0.717, 1.165) is 32.6 Å². The summed E-state index contributed by atoms with van der Waals surface area (Å²) in [5, 5.41) is 5.03. The number of rotatable bonds is 1. The number of halogens is 2. The summed E-state index contributed by atoms with van der Waals surface area (Å²) >= 11 is 8.51. The number of fused-ring (bicyclic) bond motifs is 1. The average Bonchev–Trinajstić information content (AvgIpc) is 2.50. The van der Waals surface area contributed by atoms with Gasteiger partial charge in [-0.15, -0.1) is 0 Å². The van der Waals surface area contributed by atoms with E-state index >= 15 is 0 Å². The fraction of sp³-hybridized carbons (Fsp3) is 0.400. The van der Waals surface area contributed by atoms with Crippen LogP contribution in [0.15, 0.2) is 0 Å². The Bertz CT molecular complexity index is 533. The van der Waals surface area contributed by atoms with Crippen LogP contribution in [0, 0.1) is 17.4 Å². The molecule has 0 saturated carbocycles. The lowest BCUT2D eigenvalue weighted by Gasteiger charge is -2.06. The molecule has 2 heterocycles. The molecule has 0 N–H and O–H groups in total. The number of hydrogen-bond acceptors (Lipinski definition) is 2. The first-order valence-electron chi connectivity index (χ1n) is 4.76. The maximum absolute atomic E-state index is 6.25. The molecule has 0 saturated heterocycles. The van der Waals surface area contributed by atoms with Gasteiger partial charge >= 0.3 is 0 Å². The summed E-state index contributed by atoms with van der Waals surface area (Å²) in [6.45, 7) is 6.03. The summed E-state index contributed by atoms with van der Waals surface area (Å²) in [5.74, 6) is 0. The molecule has 0 aliphatic rings. The Morgan fingerprint density at radius 1 is 1.40 bits per heavy atom. The molecule has 0 aromatic carbocycles. The molecule has 0 amide bonds. The zero-order valence-corrected chi connectivity index (χ0v) is 11.7. The maximum Gasteiger partial charge on any atom is 0.170 e. The van der Waals surface area contributed by atoms with Crippen LogP contribution in [0.5, 0.6) is 0 Å².